The lowest BCUT2D eigenvalue weighted by molar-refractivity contribution is -0.123. The van der Waals surface area contributed by atoms with Crippen molar-refractivity contribution in [2.24, 2.45) is 0 Å². The van der Waals surface area contributed by atoms with Gasteiger partial charge in [0.05, 0.1) is 0 Å². The van der Waals surface area contributed by atoms with Crippen LogP contribution < -0.4 is 20.1 Å². The highest BCUT2D eigenvalue weighted by molar-refractivity contribution is 5.85. The summed E-state index contributed by atoms with van der Waals surface area (Å²) in [5.41, 5.74) is 1.12. The number of benzene rings is 2. The van der Waals surface area contributed by atoms with Crippen LogP contribution in [0.5, 0.6) is 11.5 Å². The molecule has 1 saturated heterocycles. The monoisotopic (exact) mass is 362 g/mol. The summed E-state index contributed by atoms with van der Waals surface area (Å²) in [6, 6.07) is 17.5. The highest BCUT2D eigenvalue weighted by atomic mass is 35.5. The van der Waals surface area contributed by atoms with E-state index in [0.717, 1.165) is 30.8 Å². The zero-order valence-corrected chi connectivity index (χ0v) is 14.8. The van der Waals surface area contributed by atoms with E-state index in [0.29, 0.717) is 12.4 Å². The van der Waals surface area contributed by atoms with Gasteiger partial charge in [0.2, 0.25) is 0 Å². The lowest BCUT2D eigenvalue weighted by Gasteiger charge is -2.12. The van der Waals surface area contributed by atoms with Crippen LogP contribution in [0.2, 0.25) is 0 Å². The lowest BCUT2D eigenvalue weighted by atomic mass is 10.2. The van der Waals surface area contributed by atoms with Crippen LogP contribution in [0.15, 0.2) is 54.6 Å². The number of carbonyl (C=O) groups excluding carboxylic acids is 1. The number of halogens is 1. The van der Waals surface area contributed by atoms with Crippen molar-refractivity contribution in [1.82, 2.24) is 10.6 Å². The van der Waals surface area contributed by atoms with Crippen molar-refractivity contribution < 1.29 is 14.3 Å². The number of rotatable bonds is 7. The van der Waals surface area contributed by atoms with Crippen LogP contribution in [0.1, 0.15) is 12.0 Å². The first-order valence-corrected chi connectivity index (χ1v) is 8.19. The first kappa shape index (κ1) is 19.1. The van der Waals surface area contributed by atoms with Crippen LogP contribution in [0.3, 0.4) is 0 Å². The van der Waals surface area contributed by atoms with E-state index in [-0.39, 0.29) is 31.0 Å². The molecule has 0 radical (unpaired) electrons. The summed E-state index contributed by atoms with van der Waals surface area (Å²) in [5.74, 6) is 1.34. The summed E-state index contributed by atoms with van der Waals surface area (Å²) in [6.45, 7) is 2.34. The Balaban J connectivity index is 0.00000225. The van der Waals surface area contributed by atoms with Gasteiger partial charge in [-0.05, 0) is 42.8 Å². The van der Waals surface area contributed by atoms with Crippen molar-refractivity contribution >= 4 is 18.3 Å². The predicted octanol–water partition coefficient (Wildman–Crippen LogP) is 2.54. The molecule has 6 heteroatoms. The van der Waals surface area contributed by atoms with Crippen molar-refractivity contribution in [1.29, 1.82) is 0 Å². The molecule has 0 spiro atoms. The van der Waals surface area contributed by atoms with Gasteiger partial charge in [0.15, 0.2) is 6.61 Å². The average Bonchev–Trinajstić information content (AvgIpc) is 3.13. The third-order valence-corrected chi connectivity index (χ3v) is 3.87. The summed E-state index contributed by atoms with van der Waals surface area (Å²) in [4.78, 5) is 11.8. The first-order chi connectivity index (χ1) is 11.8. The van der Waals surface area contributed by atoms with Crippen molar-refractivity contribution in [2.45, 2.75) is 19.1 Å². The SMILES string of the molecule is Cl.O=C(COc1ccc(OCc2ccccc2)cc1)NC1CCNC1. The third kappa shape index (κ3) is 6.29. The lowest BCUT2D eigenvalue weighted by Crippen LogP contribution is -2.39. The quantitative estimate of drug-likeness (QED) is 0.794. The molecule has 5 nitrogen and oxygen atoms in total. The molecule has 2 aromatic rings. The molecule has 1 aliphatic rings. The van der Waals surface area contributed by atoms with E-state index < -0.39 is 0 Å². The molecule has 2 aromatic carbocycles. The smallest absolute Gasteiger partial charge is 0.258 e. The summed E-state index contributed by atoms with van der Waals surface area (Å²) in [6.07, 6.45) is 0.971. The minimum absolute atomic E-state index is 0. The van der Waals surface area contributed by atoms with Crippen LogP contribution in [0.4, 0.5) is 0 Å². The molecule has 1 atom stereocenters. The van der Waals surface area contributed by atoms with Gasteiger partial charge in [-0.25, -0.2) is 0 Å². The Morgan fingerprint density at radius 3 is 2.36 bits per heavy atom. The maximum Gasteiger partial charge on any atom is 0.258 e. The Morgan fingerprint density at radius 1 is 1.04 bits per heavy atom. The Morgan fingerprint density at radius 2 is 1.72 bits per heavy atom. The number of amides is 1. The highest BCUT2D eigenvalue weighted by Gasteiger charge is 2.16. The maximum absolute atomic E-state index is 11.8. The van der Waals surface area contributed by atoms with Crippen molar-refractivity contribution in [3.8, 4) is 11.5 Å². The van der Waals surface area contributed by atoms with Crippen LogP contribution in [-0.4, -0.2) is 31.6 Å². The maximum atomic E-state index is 11.8. The number of nitrogens with one attached hydrogen (secondary N) is 2. The average molecular weight is 363 g/mol. The van der Waals surface area contributed by atoms with Crippen LogP contribution in [-0.2, 0) is 11.4 Å². The topological polar surface area (TPSA) is 59.6 Å². The van der Waals surface area contributed by atoms with Crippen molar-refractivity contribution in [2.75, 3.05) is 19.7 Å². The van der Waals surface area contributed by atoms with Gasteiger partial charge in [0.25, 0.3) is 5.91 Å². The fraction of sp³-hybridized carbons (Fsp3) is 0.316. The minimum atomic E-state index is -0.0897. The standard InChI is InChI=1S/C19H22N2O3.ClH/c22-19(21-16-10-11-20-12-16)14-24-18-8-6-17(7-9-18)23-13-15-4-2-1-3-5-15;/h1-9,16,20H,10-14H2,(H,21,22);1H. The van der Waals surface area contributed by atoms with Crippen LogP contribution >= 0.6 is 12.4 Å². The molecule has 0 aromatic heterocycles. The molecular weight excluding hydrogens is 340 g/mol. The highest BCUT2D eigenvalue weighted by Crippen LogP contribution is 2.18. The number of hydrogen-bond donors (Lipinski definition) is 2. The molecule has 1 fully saturated rings. The summed E-state index contributed by atoms with van der Waals surface area (Å²) in [5, 5.41) is 6.16. The zero-order valence-electron chi connectivity index (χ0n) is 13.9. The number of hydrogen-bond acceptors (Lipinski definition) is 4. The first-order valence-electron chi connectivity index (χ1n) is 8.19. The fourth-order valence-electron chi connectivity index (χ4n) is 2.57. The van der Waals surface area contributed by atoms with Gasteiger partial charge in [-0.1, -0.05) is 30.3 Å². The molecule has 1 amide bonds. The summed E-state index contributed by atoms with van der Waals surface area (Å²) >= 11 is 0. The van der Waals surface area contributed by atoms with Crippen molar-refractivity contribution in [3.05, 3.63) is 60.2 Å². The van der Waals surface area contributed by atoms with E-state index in [4.69, 9.17) is 9.47 Å². The van der Waals surface area contributed by atoms with E-state index in [1.54, 1.807) is 0 Å². The largest absolute Gasteiger partial charge is 0.489 e. The van der Waals surface area contributed by atoms with Gasteiger partial charge in [-0.15, -0.1) is 12.4 Å². The summed E-state index contributed by atoms with van der Waals surface area (Å²) < 4.78 is 11.2. The van der Waals surface area contributed by atoms with E-state index >= 15 is 0 Å². The molecule has 134 valence electrons. The summed E-state index contributed by atoms with van der Waals surface area (Å²) in [7, 11) is 0. The Kier molecular flexibility index (Phi) is 7.57. The normalized spacial score (nSPS) is 15.9. The molecule has 1 heterocycles. The van der Waals surface area contributed by atoms with Gasteiger partial charge in [-0.2, -0.15) is 0 Å². The van der Waals surface area contributed by atoms with E-state index in [1.807, 2.05) is 54.6 Å². The van der Waals surface area contributed by atoms with E-state index in [2.05, 4.69) is 10.6 Å². The number of carbonyl (C=O) groups is 1. The van der Waals surface area contributed by atoms with Gasteiger partial charge >= 0.3 is 0 Å². The van der Waals surface area contributed by atoms with Gasteiger partial charge in [0, 0.05) is 12.6 Å². The fourth-order valence-corrected chi connectivity index (χ4v) is 2.57. The Hall–Kier alpha value is -2.24. The minimum Gasteiger partial charge on any atom is -0.489 e. The van der Waals surface area contributed by atoms with Gasteiger partial charge < -0.3 is 20.1 Å². The second-order valence-corrected chi connectivity index (χ2v) is 5.79. The molecule has 3 rings (SSSR count). The number of ether oxygens (including phenoxy) is 2. The Labute approximate surface area is 154 Å². The molecule has 0 saturated carbocycles. The molecule has 0 bridgehead atoms. The predicted molar refractivity (Wildman–Crippen MR) is 99.4 cm³/mol. The molecule has 1 aliphatic heterocycles. The second kappa shape index (κ2) is 9.91. The molecule has 1 unspecified atom stereocenters. The van der Waals surface area contributed by atoms with Crippen LogP contribution in [0.25, 0.3) is 0 Å². The van der Waals surface area contributed by atoms with Crippen LogP contribution in [0, 0.1) is 0 Å². The van der Waals surface area contributed by atoms with Gasteiger partial charge in [0.1, 0.15) is 18.1 Å². The molecular formula is C19H23ClN2O3. The molecule has 0 aliphatic carbocycles. The van der Waals surface area contributed by atoms with E-state index in [1.165, 1.54) is 0 Å². The van der Waals surface area contributed by atoms with Crippen molar-refractivity contribution in [3.63, 3.8) is 0 Å². The molecule has 2 N–H and O–H groups in total. The third-order valence-electron chi connectivity index (χ3n) is 3.87. The van der Waals surface area contributed by atoms with E-state index in [9.17, 15) is 4.79 Å². The Bertz CT molecular complexity index is 643. The molecule has 25 heavy (non-hydrogen) atoms. The second-order valence-electron chi connectivity index (χ2n) is 5.79. The zero-order chi connectivity index (χ0) is 16.6. The van der Waals surface area contributed by atoms with Gasteiger partial charge in [-0.3, -0.25) is 4.79 Å².